The summed E-state index contributed by atoms with van der Waals surface area (Å²) in [7, 11) is 0. The molecule has 1 saturated heterocycles. The van der Waals surface area contributed by atoms with Crippen LogP contribution in [0.5, 0.6) is 0 Å². The molecule has 1 aromatic heterocycles. The molecule has 2 fully saturated rings. The zero-order valence-electron chi connectivity index (χ0n) is 11.6. The van der Waals surface area contributed by atoms with Gasteiger partial charge >= 0.3 is 5.97 Å². The van der Waals surface area contributed by atoms with Crippen LogP contribution in [0.1, 0.15) is 37.8 Å². The highest BCUT2D eigenvalue weighted by Gasteiger charge is 2.45. The highest BCUT2D eigenvalue weighted by atomic mass is 35.5. The number of carbonyl (C=O) groups is 1. The highest BCUT2D eigenvalue weighted by molar-refractivity contribution is 6.34. The quantitative estimate of drug-likeness (QED) is 0.920. The van der Waals surface area contributed by atoms with E-state index in [9.17, 15) is 9.90 Å². The summed E-state index contributed by atoms with van der Waals surface area (Å²) in [6.07, 6.45) is 6.89. The molecule has 21 heavy (non-hydrogen) atoms. The van der Waals surface area contributed by atoms with Crippen LogP contribution in [0.4, 0.5) is 0 Å². The van der Waals surface area contributed by atoms with Crippen LogP contribution in [-0.2, 0) is 11.3 Å². The van der Waals surface area contributed by atoms with Gasteiger partial charge in [-0.25, -0.2) is 0 Å². The molecule has 1 saturated carbocycles. The van der Waals surface area contributed by atoms with Crippen LogP contribution in [-0.4, -0.2) is 33.0 Å². The lowest BCUT2D eigenvalue weighted by Crippen LogP contribution is -2.41. The van der Waals surface area contributed by atoms with Gasteiger partial charge in [0.1, 0.15) is 6.04 Å². The van der Waals surface area contributed by atoms with E-state index in [1.807, 2.05) is 0 Å². The van der Waals surface area contributed by atoms with Gasteiger partial charge in [0.15, 0.2) is 0 Å². The topological polar surface area (TPSA) is 53.4 Å². The van der Waals surface area contributed by atoms with Crippen molar-refractivity contribution in [1.29, 1.82) is 0 Å². The van der Waals surface area contributed by atoms with E-state index >= 15 is 0 Å². The molecular formula is C15H18Cl2N2O2. The van der Waals surface area contributed by atoms with Gasteiger partial charge in [0.05, 0.1) is 15.7 Å². The zero-order chi connectivity index (χ0) is 15.0. The SMILES string of the molecule is O=C(O)C1CC2CCCCC2N1Cc1ncc(Cl)cc1Cl. The maximum atomic E-state index is 11.6. The van der Waals surface area contributed by atoms with E-state index in [4.69, 9.17) is 23.2 Å². The lowest BCUT2D eigenvalue weighted by atomic mass is 9.85. The van der Waals surface area contributed by atoms with Crippen molar-refractivity contribution in [3.8, 4) is 0 Å². The largest absolute Gasteiger partial charge is 0.480 e. The van der Waals surface area contributed by atoms with Crippen LogP contribution in [0.25, 0.3) is 0 Å². The van der Waals surface area contributed by atoms with Gasteiger partial charge in [-0.2, -0.15) is 0 Å². The van der Waals surface area contributed by atoms with Crippen LogP contribution >= 0.6 is 23.2 Å². The zero-order valence-corrected chi connectivity index (χ0v) is 13.1. The Morgan fingerprint density at radius 2 is 2.14 bits per heavy atom. The maximum absolute atomic E-state index is 11.6. The number of carboxylic acid groups (broad SMARTS) is 1. The molecule has 114 valence electrons. The van der Waals surface area contributed by atoms with Crippen molar-refractivity contribution in [2.24, 2.45) is 5.92 Å². The van der Waals surface area contributed by atoms with E-state index in [-0.39, 0.29) is 0 Å². The molecule has 1 aromatic rings. The van der Waals surface area contributed by atoms with Gasteiger partial charge in [-0.1, -0.05) is 36.0 Å². The number of hydrogen-bond acceptors (Lipinski definition) is 3. The molecule has 0 spiro atoms. The fourth-order valence-electron chi connectivity index (χ4n) is 3.76. The molecule has 1 aliphatic carbocycles. The van der Waals surface area contributed by atoms with E-state index < -0.39 is 12.0 Å². The van der Waals surface area contributed by atoms with Crippen molar-refractivity contribution in [1.82, 2.24) is 9.88 Å². The molecule has 1 aliphatic heterocycles. The first-order valence-electron chi connectivity index (χ1n) is 7.34. The lowest BCUT2D eigenvalue weighted by molar-refractivity contribution is -0.142. The Morgan fingerprint density at radius 3 is 2.86 bits per heavy atom. The minimum Gasteiger partial charge on any atom is -0.480 e. The van der Waals surface area contributed by atoms with Crippen LogP contribution in [0, 0.1) is 5.92 Å². The summed E-state index contributed by atoms with van der Waals surface area (Å²) in [4.78, 5) is 17.9. The van der Waals surface area contributed by atoms with Gasteiger partial charge in [0.2, 0.25) is 0 Å². The van der Waals surface area contributed by atoms with E-state index in [1.165, 1.54) is 12.8 Å². The van der Waals surface area contributed by atoms with E-state index in [2.05, 4.69) is 9.88 Å². The number of hydrogen-bond donors (Lipinski definition) is 1. The van der Waals surface area contributed by atoms with Crippen molar-refractivity contribution in [2.75, 3.05) is 0 Å². The average molecular weight is 329 g/mol. The molecule has 0 radical (unpaired) electrons. The molecule has 4 nitrogen and oxygen atoms in total. The Labute approximate surface area is 134 Å². The average Bonchev–Trinajstić information content (AvgIpc) is 2.81. The summed E-state index contributed by atoms with van der Waals surface area (Å²) < 4.78 is 0. The number of nitrogens with zero attached hydrogens (tertiary/aromatic N) is 2. The second kappa shape index (κ2) is 6.11. The summed E-state index contributed by atoms with van der Waals surface area (Å²) in [5.41, 5.74) is 0.707. The van der Waals surface area contributed by atoms with Gasteiger partial charge in [0.25, 0.3) is 0 Å². The number of likely N-dealkylation sites (tertiary alicyclic amines) is 1. The minimum absolute atomic E-state index is 0.341. The first-order chi connectivity index (χ1) is 10.1. The molecule has 1 N–H and O–H groups in total. The van der Waals surface area contributed by atoms with E-state index in [0.29, 0.717) is 34.2 Å². The van der Waals surface area contributed by atoms with Gasteiger partial charge in [-0.15, -0.1) is 0 Å². The molecule has 6 heteroatoms. The Balaban J connectivity index is 1.84. The second-order valence-electron chi connectivity index (χ2n) is 5.96. The van der Waals surface area contributed by atoms with Gasteiger partial charge in [0, 0.05) is 18.8 Å². The summed E-state index contributed by atoms with van der Waals surface area (Å²) in [6, 6.07) is 1.58. The molecule has 0 bridgehead atoms. The molecule has 3 rings (SSSR count). The number of aromatic nitrogens is 1. The third kappa shape index (κ3) is 3.03. The summed E-state index contributed by atoms with van der Waals surface area (Å²) in [5, 5.41) is 10.5. The number of rotatable bonds is 3. The van der Waals surface area contributed by atoms with E-state index in [1.54, 1.807) is 12.3 Å². The lowest BCUT2D eigenvalue weighted by Gasteiger charge is -2.32. The minimum atomic E-state index is -0.741. The van der Waals surface area contributed by atoms with Gasteiger partial charge in [-0.05, 0) is 31.2 Å². The van der Waals surface area contributed by atoms with Gasteiger partial charge < -0.3 is 5.11 Å². The number of pyridine rings is 1. The maximum Gasteiger partial charge on any atom is 0.320 e. The number of fused-ring (bicyclic) bond motifs is 1. The number of carboxylic acids is 1. The van der Waals surface area contributed by atoms with Crippen molar-refractivity contribution < 1.29 is 9.90 Å². The molecule has 3 unspecified atom stereocenters. The smallest absolute Gasteiger partial charge is 0.320 e. The van der Waals surface area contributed by atoms with Crippen LogP contribution in [0.15, 0.2) is 12.3 Å². The Morgan fingerprint density at radius 1 is 1.38 bits per heavy atom. The molecule has 3 atom stereocenters. The fourth-order valence-corrected chi connectivity index (χ4v) is 4.20. The molecule has 0 aromatic carbocycles. The summed E-state index contributed by atoms with van der Waals surface area (Å²) in [6.45, 7) is 0.480. The standard InChI is InChI=1S/C15H18Cl2N2O2/c16-10-6-11(17)12(18-7-10)8-19-13-4-2-1-3-9(13)5-14(19)15(20)21/h6-7,9,13-14H,1-5,8H2,(H,20,21). The van der Waals surface area contributed by atoms with Crippen LogP contribution in [0.2, 0.25) is 10.0 Å². The fraction of sp³-hybridized carbons (Fsp3) is 0.600. The Hall–Kier alpha value is -0.840. The van der Waals surface area contributed by atoms with E-state index in [0.717, 1.165) is 19.3 Å². The summed E-state index contributed by atoms with van der Waals surface area (Å²) in [5.74, 6) is -0.250. The Kier molecular flexibility index (Phi) is 4.38. The third-order valence-electron chi connectivity index (χ3n) is 4.72. The molecule has 2 aliphatic rings. The van der Waals surface area contributed by atoms with Crippen molar-refractivity contribution >= 4 is 29.2 Å². The van der Waals surface area contributed by atoms with Crippen LogP contribution in [0.3, 0.4) is 0 Å². The molecule has 0 amide bonds. The van der Waals surface area contributed by atoms with Crippen molar-refractivity contribution in [2.45, 2.75) is 50.7 Å². The molecular weight excluding hydrogens is 311 g/mol. The van der Waals surface area contributed by atoms with Gasteiger partial charge in [-0.3, -0.25) is 14.7 Å². The Bertz CT molecular complexity index is 552. The second-order valence-corrected chi connectivity index (χ2v) is 6.80. The number of halogens is 2. The monoisotopic (exact) mass is 328 g/mol. The first-order valence-corrected chi connectivity index (χ1v) is 8.10. The first kappa shape index (κ1) is 15.1. The van der Waals surface area contributed by atoms with Crippen molar-refractivity contribution in [3.63, 3.8) is 0 Å². The predicted molar refractivity (Wildman–Crippen MR) is 81.6 cm³/mol. The number of aliphatic carboxylic acids is 1. The summed E-state index contributed by atoms with van der Waals surface area (Å²) >= 11 is 12.1. The molecule has 2 heterocycles. The normalized spacial score (nSPS) is 29.3. The predicted octanol–water partition coefficient (Wildman–Crippen LogP) is 3.61. The highest BCUT2D eigenvalue weighted by Crippen LogP contribution is 2.40. The third-order valence-corrected chi connectivity index (χ3v) is 5.26. The van der Waals surface area contributed by atoms with Crippen molar-refractivity contribution in [3.05, 3.63) is 28.0 Å². The van der Waals surface area contributed by atoms with Crippen LogP contribution < -0.4 is 0 Å².